The van der Waals surface area contributed by atoms with Crippen LogP contribution in [-0.4, -0.2) is 29.4 Å². The van der Waals surface area contributed by atoms with Gasteiger partial charge in [-0.15, -0.1) is 6.58 Å². The van der Waals surface area contributed by atoms with Crippen LogP contribution in [-0.2, 0) is 14.3 Å². The zero-order valence-corrected chi connectivity index (χ0v) is 20.9. The first-order valence-electron chi connectivity index (χ1n) is 11.4. The van der Waals surface area contributed by atoms with Crippen LogP contribution in [0.25, 0.3) is 0 Å². The summed E-state index contributed by atoms with van der Waals surface area (Å²) in [5, 5.41) is 1.24. The lowest BCUT2D eigenvalue weighted by molar-refractivity contribution is -0.166. The predicted molar refractivity (Wildman–Crippen MR) is 133 cm³/mol. The molecule has 4 nitrogen and oxygen atoms in total. The smallest absolute Gasteiger partial charge is 0.328 e. The van der Waals surface area contributed by atoms with Gasteiger partial charge in [-0.05, 0) is 61.6 Å². The number of benzene rings is 2. The molecule has 2 aromatic rings. The van der Waals surface area contributed by atoms with E-state index in [-0.39, 0.29) is 30.4 Å². The highest BCUT2D eigenvalue weighted by Crippen LogP contribution is 2.52. The van der Waals surface area contributed by atoms with Gasteiger partial charge in [0.2, 0.25) is 5.91 Å². The highest BCUT2D eigenvalue weighted by atomic mass is 35.5. The molecule has 4 unspecified atom stereocenters. The Morgan fingerprint density at radius 1 is 1.18 bits per heavy atom. The zero-order chi connectivity index (χ0) is 24.2. The molecule has 0 bridgehead atoms. The molecule has 33 heavy (non-hydrogen) atoms. The molecule has 0 saturated carbocycles. The number of carbonyl (C=O) groups is 2. The normalized spacial score (nSPS) is 23.8. The second kappa shape index (κ2) is 10.8. The summed E-state index contributed by atoms with van der Waals surface area (Å²) in [6, 6.07) is 14.2. The summed E-state index contributed by atoms with van der Waals surface area (Å²) in [4.78, 5) is 28.8. The molecule has 1 heterocycles. The second-order valence-electron chi connectivity index (χ2n) is 8.80. The third-order valence-electron chi connectivity index (χ3n) is 6.47. The van der Waals surface area contributed by atoms with Crippen molar-refractivity contribution in [1.82, 2.24) is 4.90 Å². The van der Waals surface area contributed by atoms with Crippen LogP contribution in [0.1, 0.15) is 63.1 Å². The fraction of sp³-hybridized carbons (Fsp3) is 0.407. The highest BCUT2D eigenvalue weighted by Gasteiger charge is 2.52. The van der Waals surface area contributed by atoms with Crippen LogP contribution in [0, 0.1) is 5.41 Å². The molecule has 3 rings (SSSR count). The van der Waals surface area contributed by atoms with Crippen LogP contribution in [0.5, 0.6) is 0 Å². The van der Waals surface area contributed by atoms with Crippen molar-refractivity contribution in [2.24, 2.45) is 5.41 Å². The van der Waals surface area contributed by atoms with E-state index in [1.54, 1.807) is 17.9 Å². The first-order chi connectivity index (χ1) is 15.8. The Kier molecular flexibility index (Phi) is 8.25. The zero-order valence-electron chi connectivity index (χ0n) is 19.4. The van der Waals surface area contributed by atoms with E-state index < -0.39 is 11.5 Å². The minimum Gasteiger partial charge on any atom is -0.464 e. The number of likely N-dealkylation sites (tertiary alicyclic amines) is 1. The van der Waals surface area contributed by atoms with Gasteiger partial charge in [0.05, 0.1) is 18.1 Å². The molecule has 2 aromatic carbocycles. The number of ether oxygens (including phenoxy) is 1. The van der Waals surface area contributed by atoms with Gasteiger partial charge in [-0.25, -0.2) is 4.79 Å². The van der Waals surface area contributed by atoms with Crippen LogP contribution in [0.4, 0.5) is 0 Å². The fourth-order valence-electron chi connectivity index (χ4n) is 4.95. The molecule has 1 amide bonds. The van der Waals surface area contributed by atoms with Crippen molar-refractivity contribution in [1.29, 1.82) is 0 Å². The van der Waals surface area contributed by atoms with E-state index in [9.17, 15) is 9.59 Å². The Hall–Kier alpha value is -2.30. The van der Waals surface area contributed by atoms with E-state index in [1.165, 1.54) is 0 Å². The van der Waals surface area contributed by atoms with Crippen LogP contribution >= 0.6 is 23.2 Å². The minimum absolute atomic E-state index is 0.0690. The summed E-state index contributed by atoms with van der Waals surface area (Å²) in [6.07, 6.45) is 3.33. The molecule has 1 aliphatic heterocycles. The lowest BCUT2D eigenvalue weighted by atomic mass is 9.67. The molecule has 0 aromatic heterocycles. The summed E-state index contributed by atoms with van der Waals surface area (Å²) in [6.45, 7) is 9.78. The van der Waals surface area contributed by atoms with Gasteiger partial charge >= 0.3 is 5.97 Å². The lowest BCUT2D eigenvalue weighted by Crippen LogP contribution is -2.57. The van der Waals surface area contributed by atoms with E-state index in [1.807, 2.05) is 62.4 Å². The molecular formula is C27H31Cl2NO3. The Bertz CT molecular complexity index is 1010. The topological polar surface area (TPSA) is 46.6 Å². The first-order valence-corrected chi connectivity index (χ1v) is 12.1. The number of piperidine rings is 1. The number of allylic oxidation sites excluding steroid dienone is 1. The minimum atomic E-state index is -0.711. The molecule has 0 N–H and O–H groups in total. The monoisotopic (exact) mass is 487 g/mol. The number of hydrogen-bond acceptors (Lipinski definition) is 3. The summed E-state index contributed by atoms with van der Waals surface area (Å²) in [5.74, 6) is -0.545. The van der Waals surface area contributed by atoms with Crippen LogP contribution in [0.15, 0.2) is 61.2 Å². The van der Waals surface area contributed by atoms with Crippen molar-refractivity contribution < 1.29 is 14.3 Å². The SMILES string of the molecule is C=CCC1(C)CC(c2cccc(Cl)c2)C(c2ccc(Cl)cc2)N(C(CC)C(=O)OCC)C1=O. The van der Waals surface area contributed by atoms with Gasteiger partial charge in [0, 0.05) is 16.0 Å². The Balaban J connectivity index is 2.24. The van der Waals surface area contributed by atoms with Gasteiger partial charge in [0.1, 0.15) is 6.04 Å². The number of nitrogens with zero attached hydrogens (tertiary/aromatic N) is 1. The maximum absolute atomic E-state index is 14.1. The number of carbonyl (C=O) groups excluding carboxylic acids is 2. The van der Waals surface area contributed by atoms with Gasteiger partial charge in [0.15, 0.2) is 0 Å². The summed E-state index contributed by atoms with van der Waals surface area (Å²) in [7, 11) is 0. The van der Waals surface area contributed by atoms with Crippen molar-refractivity contribution in [2.75, 3.05) is 6.61 Å². The number of esters is 1. The average molecular weight is 488 g/mol. The van der Waals surface area contributed by atoms with Crippen LogP contribution < -0.4 is 0 Å². The third kappa shape index (κ3) is 5.28. The van der Waals surface area contributed by atoms with E-state index in [0.29, 0.717) is 29.3 Å². The van der Waals surface area contributed by atoms with Crippen molar-refractivity contribution in [3.05, 3.63) is 82.4 Å². The maximum atomic E-state index is 14.1. The average Bonchev–Trinajstić information content (AvgIpc) is 2.78. The van der Waals surface area contributed by atoms with Crippen LogP contribution in [0.2, 0.25) is 10.0 Å². The van der Waals surface area contributed by atoms with Gasteiger partial charge in [-0.2, -0.15) is 0 Å². The quantitative estimate of drug-likeness (QED) is 0.298. The number of amides is 1. The van der Waals surface area contributed by atoms with Crippen molar-refractivity contribution in [3.63, 3.8) is 0 Å². The molecule has 176 valence electrons. The summed E-state index contributed by atoms with van der Waals surface area (Å²) < 4.78 is 5.39. The van der Waals surface area contributed by atoms with Gasteiger partial charge in [0.25, 0.3) is 0 Å². The second-order valence-corrected chi connectivity index (χ2v) is 9.68. The van der Waals surface area contributed by atoms with Gasteiger partial charge < -0.3 is 9.64 Å². The molecule has 0 spiro atoms. The Labute approximate surface area is 206 Å². The van der Waals surface area contributed by atoms with Gasteiger partial charge in [-0.3, -0.25) is 4.79 Å². The Morgan fingerprint density at radius 3 is 2.45 bits per heavy atom. The van der Waals surface area contributed by atoms with Crippen LogP contribution in [0.3, 0.4) is 0 Å². The van der Waals surface area contributed by atoms with Gasteiger partial charge in [-0.1, -0.05) is 67.4 Å². The number of hydrogen-bond donors (Lipinski definition) is 0. The highest BCUT2D eigenvalue weighted by molar-refractivity contribution is 6.30. The maximum Gasteiger partial charge on any atom is 0.328 e. The molecule has 0 aliphatic carbocycles. The third-order valence-corrected chi connectivity index (χ3v) is 6.95. The summed E-state index contributed by atoms with van der Waals surface area (Å²) >= 11 is 12.5. The molecular weight excluding hydrogens is 457 g/mol. The van der Waals surface area contributed by atoms with E-state index in [4.69, 9.17) is 27.9 Å². The largest absolute Gasteiger partial charge is 0.464 e. The lowest BCUT2D eigenvalue weighted by Gasteiger charge is -2.51. The molecule has 0 radical (unpaired) electrons. The predicted octanol–water partition coefficient (Wildman–Crippen LogP) is 6.97. The van der Waals surface area contributed by atoms with E-state index >= 15 is 0 Å². The number of halogens is 2. The fourth-order valence-corrected chi connectivity index (χ4v) is 5.27. The molecule has 4 atom stereocenters. The number of rotatable bonds is 8. The van der Waals surface area contributed by atoms with E-state index in [2.05, 4.69) is 6.58 Å². The first kappa shape index (κ1) is 25.3. The van der Waals surface area contributed by atoms with E-state index in [0.717, 1.165) is 11.1 Å². The van der Waals surface area contributed by atoms with Crippen molar-refractivity contribution in [2.45, 2.75) is 58.0 Å². The van der Waals surface area contributed by atoms with Crippen molar-refractivity contribution >= 4 is 35.1 Å². The Morgan fingerprint density at radius 2 is 1.88 bits per heavy atom. The molecule has 1 aliphatic rings. The standard InChI is InChI=1S/C27H31Cl2NO3/c1-5-15-27(4)17-22(19-9-8-10-21(29)16-19)24(18-11-13-20(28)14-12-18)30(26(27)32)23(6-2)25(31)33-7-3/h5,8-14,16,22-24H,1,6-7,15,17H2,2-4H3. The molecule has 1 fully saturated rings. The summed E-state index contributed by atoms with van der Waals surface area (Å²) in [5.41, 5.74) is 1.23. The molecule has 6 heteroatoms. The van der Waals surface area contributed by atoms with Crippen molar-refractivity contribution in [3.8, 4) is 0 Å². The molecule has 1 saturated heterocycles.